The monoisotopic (exact) mass is 317 g/mol. The van der Waals surface area contributed by atoms with Crippen LogP contribution in [0.4, 0.5) is 5.69 Å². The van der Waals surface area contributed by atoms with Crippen LogP contribution >= 0.6 is 36.2 Å². The minimum Gasteiger partial charge on any atom is -0.399 e. The van der Waals surface area contributed by atoms with Crippen molar-refractivity contribution < 1.29 is 0 Å². The van der Waals surface area contributed by atoms with Crippen LogP contribution < -0.4 is 5.73 Å². The number of rotatable bonds is 0. The van der Waals surface area contributed by atoms with Gasteiger partial charge in [0.1, 0.15) is 0 Å². The smallest absolute Gasteiger partial charge is 0.194 e. The lowest BCUT2D eigenvalue weighted by molar-refractivity contribution is 0.573. The highest BCUT2D eigenvalue weighted by molar-refractivity contribution is 7.23. The van der Waals surface area contributed by atoms with Crippen molar-refractivity contribution in [3.05, 3.63) is 30.1 Å². The van der Waals surface area contributed by atoms with Gasteiger partial charge >= 0.3 is 0 Å². The standard InChI is InChI=1S/C13H15N3S.2ClH/c1-13(2,3)11-7-16-9-6-8(14)4-5-10(9)17-12(16)15-11;;/h4-7H,14H2,1-3H3;2*1H. The number of anilines is 1. The summed E-state index contributed by atoms with van der Waals surface area (Å²) < 4.78 is 3.36. The van der Waals surface area contributed by atoms with E-state index in [-0.39, 0.29) is 30.2 Å². The minimum atomic E-state index is 0. The van der Waals surface area contributed by atoms with Gasteiger partial charge in [0.2, 0.25) is 0 Å². The third kappa shape index (κ3) is 2.66. The maximum absolute atomic E-state index is 5.84. The molecule has 0 aliphatic heterocycles. The number of fused-ring (bicyclic) bond motifs is 3. The maximum Gasteiger partial charge on any atom is 0.194 e. The Balaban J connectivity index is 0.000000902. The summed E-state index contributed by atoms with van der Waals surface area (Å²) in [5.74, 6) is 0. The molecule has 0 aliphatic carbocycles. The lowest BCUT2D eigenvalue weighted by Gasteiger charge is -2.13. The summed E-state index contributed by atoms with van der Waals surface area (Å²) in [6.45, 7) is 6.53. The van der Waals surface area contributed by atoms with Crippen LogP contribution in [0.15, 0.2) is 24.4 Å². The number of imidazole rings is 1. The van der Waals surface area contributed by atoms with Crippen LogP contribution in [0.25, 0.3) is 15.2 Å². The minimum absolute atomic E-state index is 0. The van der Waals surface area contributed by atoms with E-state index in [4.69, 9.17) is 10.7 Å². The summed E-state index contributed by atoms with van der Waals surface area (Å²) in [6.07, 6.45) is 2.12. The number of hydrogen-bond donors (Lipinski definition) is 1. The highest BCUT2D eigenvalue weighted by Gasteiger charge is 2.19. The average molecular weight is 318 g/mol. The number of nitrogens with two attached hydrogens (primary N) is 1. The van der Waals surface area contributed by atoms with Gasteiger partial charge in [-0.3, -0.25) is 4.40 Å². The van der Waals surface area contributed by atoms with Gasteiger partial charge in [0.15, 0.2) is 4.96 Å². The first-order valence-electron chi connectivity index (χ1n) is 5.63. The molecule has 104 valence electrons. The predicted molar refractivity (Wildman–Crippen MR) is 88.2 cm³/mol. The largest absolute Gasteiger partial charge is 0.399 e. The third-order valence-corrected chi connectivity index (χ3v) is 3.92. The fraction of sp³-hybridized carbons (Fsp3) is 0.308. The van der Waals surface area contributed by atoms with E-state index < -0.39 is 0 Å². The van der Waals surface area contributed by atoms with Gasteiger partial charge in [-0.25, -0.2) is 4.98 Å². The van der Waals surface area contributed by atoms with Crippen LogP contribution in [-0.4, -0.2) is 9.38 Å². The lowest BCUT2D eigenvalue weighted by atomic mass is 9.93. The summed E-state index contributed by atoms with van der Waals surface area (Å²) in [5, 5.41) is 0. The van der Waals surface area contributed by atoms with Crippen LogP contribution in [0.1, 0.15) is 26.5 Å². The van der Waals surface area contributed by atoms with Crippen molar-refractivity contribution in [2.45, 2.75) is 26.2 Å². The first-order chi connectivity index (χ1) is 7.95. The maximum atomic E-state index is 5.84. The number of thiazole rings is 1. The van der Waals surface area contributed by atoms with Gasteiger partial charge in [-0.15, -0.1) is 24.8 Å². The van der Waals surface area contributed by atoms with Crippen molar-refractivity contribution in [3.63, 3.8) is 0 Å². The summed E-state index contributed by atoms with van der Waals surface area (Å²) >= 11 is 1.70. The zero-order chi connectivity index (χ0) is 12.2. The Morgan fingerprint density at radius 3 is 2.53 bits per heavy atom. The van der Waals surface area contributed by atoms with Crippen molar-refractivity contribution >= 4 is 57.0 Å². The molecular weight excluding hydrogens is 301 g/mol. The Morgan fingerprint density at radius 1 is 1.21 bits per heavy atom. The number of nitrogens with zero attached hydrogens (tertiary/aromatic N) is 2. The van der Waals surface area contributed by atoms with Gasteiger partial charge in [-0.05, 0) is 18.2 Å². The molecule has 0 bridgehead atoms. The van der Waals surface area contributed by atoms with Crippen LogP contribution in [-0.2, 0) is 5.41 Å². The molecule has 0 amide bonds. The first-order valence-corrected chi connectivity index (χ1v) is 6.44. The molecule has 19 heavy (non-hydrogen) atoms. The van der Waals surface area contributed by atoms with E-state index in [0.717, 1.165) is 21.9 Å². The summed E-state index contributed by atoms with van der Waals surface area (Å²) in [5.41, 5.74) is 8.98. The van der Waals surface area contributed by atoms with E-state index in [1.165, 1.54) is 4.70 Å². The molecule has 1 aromatic carbocycles. The second kappa shape index (κ2) is 5.19. The molecule has 0 saturated heterocycles. The molecule has 2 aromatic heterocycles. The molecule has 2 N–H and O–H groups in total. The Bertz CT molecular complexity index is 710. The average Bonchev–Trinajstić information content (AvgIpc) is 2.74. The molecule has 0 atom stereocenters. The van der Waals surface area contributed by atoms with E-state index >= 15 is 0 Å². The van der Waals surface area contributed by atoms with Gasteiger partial charge in [-0.1, -0.05) is 32.1 Å². The Labute approximate surface area is 128 Å². The van der Waals surface area contributed by atoms with Gasteiger partial charge in [0.05, 0.1) is 15.9 Å². The van der Waals surface area contributed by atoms with Gasteiger partial charge in [0.25, 0.3) is 0 Å². The molecule has 0 aliphatic rings. The molecule has 0 saturated carbocycles. The third-order valence-electron chi connectivity index (χ3n) is 2.89. The van der Waals surface area contributed by atoms with Crippen molar-refractivity contribution in [2.24, 2.45) is 0 Å². The summed E-state index contributed by atoms with van der Waals surface area (Å²) in [6, 6.07) is 6.00. The fourth-order valence-corrected chi connectivity index (χ4v) is 2.86. The zero-order valence-corrected chi connectivity index (χ0v) is 13.5. The normalized spacial score (nSPS) is 11.3. The molecule has 0 spiro atoms. The molecule has 6 heteroatoms. The highest BCUT2D eigenvalue weighted by Crippen LogP contribution is 2.30. The van der Waals surface area contributed by atoms with E-state index in [9.17, 15) is 0 Å². The fourth-order valence-electron chi connectivity index (χ4n) is 1.88. The van der Waals surface area contributed by atoms with Crippen LogP contribution in [0, 0.1) is 0 Å². The van der Waals surface area contributed by atoms with Crippen molar-refractivity contribution in [1.29, 1.82) is 0 Å². The Morgan fingerprint density at radius 2 is 1.89 bits per heavy atom. The van der Waals surface area contributed by atoms with Crippen molar-refractivity contribution in [3.8, 4) is 0 Å². The topological polar surface area (TPSA) is 43.3 Å². The van der Waals surface area contributed by atoms with E-state index in [1.54, 1.807) is 11.3 Å². The van der Waals surface area contributed by atoms with Gasteiger partial charge in [-0.2, -0.15) is 0 Å². The summed E-state index contributed by atoms with van der Waals surface area (Å²) in [7, 11) is 0. The van der Waals surface area contributed by atoms with Crippen molar-refractivity contribution in [2.75, 3.05) is 5.73 Å². The quantitative estimate of drug-likeness (QED) is 0.629. The van der Waals surface area contributed by atoms with Crippen LogP contribution in [0.3, 0.4) is 0 Å². The molecule has 0 fully saturated rings. The molecule has 0 radical (unpaired) electrons. The number of aromatic nitrogens is 2. The second-order valence-electron chi connectivity index (χ2n) is 5.36. The molecule has 3 nitrogen and oxygen atoms in total. The first kappa shape index (κ1) is 16.1. The number of halogens is 2. The van der Waals surface area contributed by atoms with Gasteiger partial charge in [0, 0.05) is 17.3 Å². The van der Waals surface area contributed by atoms with E-state index in [2.05, 4.69) is 37.4 Å². The van der Waals surface area contributed by atoms with Crippen molar-refractivity contribution in [1.82, 2.24) is 9.38 Å². The number of hydrogen-bond acceptors (Lipinski definition) is 3. The Hall–Kier alpha value is -0.970. The number of nitrogen functional groups attached to an aromatic ring is 1. The molecule has 2 heterocycles. The van der Waals surface area contributed by atoms with Crippen LogP contribution in [0.2, 0.25) is 0 Å². The SMILES string of the molecule is CC(C)(C)c1cn2c(n1)sc1ccc(N)cc12.Cl.Cl. The molecule has 3 rings (SSSR count). The second-order valence-corrected chi connectivity index (χ2v) is 6.37. The number of benzene rings is 1. The highest BCUT2D eigenvalue weighted by atomic mass is 35.5. The lowest BCUT2D eigenvalue weighted by Crippen LogP contribution is -2.11. The van der Waals surface area contributed by atoms with Crippen LogP contribution in [0.5, 0.6) is 0 Å². The van der Waals surface area contributed by atoms with Gasteiger partial charge < -0.3 is 5.73 Å². The van der Waals surface area contributed by atoms with E-state index in [0.29, 0.717) is 0 Å². The predicted octanol–water partition coefficient (Wildman–Crippen LogP) is 4.27. The van der Waals surface area contributed by atoms with E-state index in [1.807, 2.05) is 12.1 Å². The Kier molecular flexibility index (Phi) is 4.40. The molecular formula is C13H17Cl2N3S. The molecule has 0 unspecified atom stereocenters. The zero-order valence-electron chi connectivity index (χ0n) is 11.0. The summed E-state index contributed by atoms with van der Waals surface area (Å²) in [4.78, 5) is 5.73. The molecule has 3 aromatic rings.